The Hall–Kier alpha value is -2.17. The van der Waals surface area contributed by atoms with E-state index in [1.807, 2.05) is 37.3 Å². The van der Waals surface area contributed by atoms with E-state index in [1.165, 1.54) is 0 Å². The van der Waals surface area contributed by atoms with Crippen LogP contribution in [0.4, 0.5) is 0 Å². The van der Waals surface area contributed by atoms with Crippen molar-refractivity contribution in [2.24, 2.45) is 10.4 Å². The van der Waals surface area contributed by atoms with Crippen LogP contribution in [-0.2, 0) is 19.1 Å². The van der Waals surface area contributed by atoms with Crippen LogP contribution in [0.1, 0.15) is 64.5 Å². The van der Waals surface area contributed by atoms with Gasteiger partial charge in [0.2, 0.25) is 0 Å². The number of hydrogen-bond acceptors (Lipinski definition) is 5. The monoisotopic (exact) mass is 359 g/mol. The van der Waals surface area contributed by atoms with Crippen LogP contribution in [0.5, 0.6) is 0 Å². The maximum Gasteiger partial charge on any atom is 0.317 e. The smallest absolute Gasteiger partial charge is 0.317 e. The lowest BCUT2D eigenvalue weighted by molar-refractivity contribution is -0.152. The van der Waals surface area contributed by atoms with Gasteiger partial charge in [0.05, 0.1) is 19.3 Å². The molecule has 0 aliphatic heterocycles. The highest BCUT2D eigenvalue weighted by Gasteiger charge is 2.48. The molecule has 1 saturated carbocycles. The molecular formula is C21H29NO4. The van der Waals surface area contributed by atoms with Crippen molar-refractivity contribution >= 4 is 17.7 Å². The van der Waals surface area contributed by atoms with Crippen molar-refractivity contribution in [3.8, 4) is 0 Å². The van der Waals surface area contributed by atoms with Crippen molar-refractivity contribution in [1.82, 2.24) is 0 Å². The third-order valence-corrected chi connectivity index (χ3v) is 4.93. The van der Waals surface area contributed by atoms with Gasteiger partial charge in [-0.3, -0.25) is 14.6 Å². The fraction of sp³-hybridized carbons (Fsp3) is 0.571. The maximum absolute atomic E-state index is 12.8. The predicted octanol–water partition coefficient (Wildman–Crippen LogP) is 4.27. The van der Waals surface area contributed by atoms with E-state index in [1.54, 1.807) is 13.8 Å². The van der Waals surface area contributed by atoms with E-state index in [-0.39, 0.29) is 24.4 Å². The van der Waals surface area contributed by atoms with Gasteiger partial charge >= 0.3 is 11.9 Å². The predicted molar refractivity (Wildman–Crippen MR) is 101 cm³/mol. The number of rotatable bonds is 8. The SMILES string of the molecule is CCOC(=O)CCC1(C(=O)OCC)CCCC1=N[C@@H](C)c1ccccc1. The van der Waals surface area contributed by atoms with E-state index in [0.717, 1.165) is 24.1 Å². The molecule has 142 valence electrons. The van der Waals surface area contributed by atoms with Gasteiger partial charge in [0.25, 0.3) is 0 Å². The van der Waals surface area contributed by atoms with Gasteiger partial charge in [0, 0.05) is 12.1 Å². The van der Waals surface area contributed by atoms with E-state index in [4.69, 9.17) is 14.5 Å². The van der Waals surface area contributed by atoms with E-state index >= 15 is 0 Å². The lowest BCUT2D eigenvalue weighted by Gasteiger charge is -2.28. The highest BCUT2D eigenvalue weighted by atomic mass is 16.5. The Balaban J connectivity index is 2.27. The molecule has 0 radical (unpaired) electrons. The lowest BCUT2D eigenvalue weighted by Crippen LogP contribution is -2.38. The highest BCUT2D eigenvalue weighted by Crippen LogP contribution is 2.42. The molecular weight excluding hydrogens is 330 g/mol. The summed E-state index contributed by atoms with van der Waals surface area (Å²) >= 11 is 0. The number of benzene rings is 1. The summed E-state index contributed by atoms with van der Waals surface area (Å²) in [5.41, 5.74) is 1.16. The molecule has 0 saturated heterocycles. The first-order chi connectivity index (χ1) is 12.5. The number of hydrogen-bond donors (Lipinski definition) is 0. The van der Waals surface area contributed by atoms with Crippen LogP contribution < -0.4 is 0 Å². The van der Waals surface area contributed by atoms with Gasteiger partial charge in [0.1, 0.15) is 5.41 Å². The molecule has 1 unspecified atom stereocenters. The van der Waals surface area contributed by atoms with Gasteiger partial charge in [-0.2, -0.15) is 0 Å². The Bertz CT molecular complexity index is 641. The van der Waals surface area contributed by atoms with Gasteiger partial charge in [-0.1, -0.05) is 30.3 Å². The molecule has 1 aliphatic rings. The highest BCUT2D eigenvalue weighted by molar-refractivity contribution is 6.08. The summed E-state index contributed by atoms with van der Waals surface area (Å²) in [6, 6.07) is 9.98. The molecule has 5 nitrogen and oxygen atoms in total. The zero-order valence-corrected chi connectivity index (χ0v) is 16.0. The zero-order valence-electron chi connectivity index (χ0n) is 16.0. The van der Waals surface area contributed by atoms with Crippen LogP contribution in [0.3, 0.4) is 0 Å². The van der Waals surface area contributed by atoms with Crippen molar-refractivity contribution < 1.29 is 19.1 Å². The van der Waals surface area contributed by atoms with Crippen molar-refractivity contribution in [1.29, 1.82) is 0 Å². The fourth-order valence-electron chi connectivity index (χ4n) is 3.58. The summed E-state index contributed by atoms with van der Waals surface area (Å²) in [7, 11) is 0. The minimum Gasteiger partial charge on any atom is -0.466 e. The van der Waals surface area contributed by atoms with Crippen LogP contribution in [-0.4, -0.2) is 30.9 Å². The Morgan fingerprint density at radius 1 is 1.15 bits per heavy atom. The minimum absolute atomic E-state index is 0.0410. The average Bonchev–Trinajstić information content (AvgIpc) is 3.05. The van der Waals surface area contributed by atoms with Gasteiger partial charge in [-0.05, 0) is 52.0 Å². The van der Waals surface area contributed by atoms with Crippen LogP contribution >= 0.6 is 0 Å². The third kappa shape index (κ3) is 4.71. The van der Waals surface area contributed by atoms with Gasteiger partial charge in [0.15, 0.2) is 0 Å². The third-order valence-electron chi connectivity index (χ3n) is 4.93. The summed E-state index contributed by atoms with van der Waals surface area (Å²) in [6.45, 7) is 6.28. The molecule has 0 spiro atoms. The van der Waals surface area contributed by atoms with E-state index in [2.05, 4.69) is 0 Å². The van der Waals surface area contributed by atoms with Gasteiger partial charge in [-0.25, -0.2) is 0 Å². The summed E-state index contributed by atoms with van der Waals surface area (Å²) in [5.74, 6) is -0.542. The number of carbonyl (C=O) groups is 2. The van der Waals surface area contributed by atoms with E-state index in [0.29, 0.717) is 26.1 Å². The number of ether oxygens (including phenoxy) is 2. The Labute approximate surface area is 155 Å². The molecule has 0 bridgehead atoms. The van der Waals surface area contributed by atoms with Crippen LogP contribution in [0, 0.1) is 5.41 Å². The first kappa shape index (κ1) is 20.1. The first-order valence-corrected chi connectivity index (χ1v) is 9.48. The number of carbonyl (C=O) groups excluding carboxylic acids is 2. The summed E-state index contributed by atoms with van der Waals surface area (Å²) in [4.78, 5) is 29.6. The molecule has 1 aromatic rings. The number of aliphatic imine (C=N–C) groups is 1. The minimum atomic E-state index is -0.800. The second-order valence-electron chi connectivity index (χ2n) is 6.62. The summed E-state index contributed by atoms with van der Waals surface area (Å²) in [5, 5.41) is 0. The first-order valence-electron chi connectivity index (χ1n) is 9.48. The topological polar surface area (TPSA) is 65.0 Å². The summed E-state index contributed by atoms with van der Waals surface area (Å²) in [6.07, 6.45) is 2.91. The molecule has 1 fully saturated rings. The molecule has 0 amide bonds. The van der Waals surface area contributed by atoms with E-state index < -0.39 is 5.41 Å². The molecule has 26 heavy (non-hydrogen) atoms. The molecule has 5 heteroatoms. The fourth-order valence-corrected chi connectivity index (χ4v) is 3.58. The summed E-state index contributed by atoms with van der Waals surface area (Å²) < 4.78 is 10.4. The van der Waals surface area contributed by atoms with E-state index in [9.17, 15) is 9.59 Å². The van der Waals surface area contributed by atoms with Crippen LogP contribution in [0.25, 0.3) is 0 Å². The number of esters is 2. The van der Waals surface area contributed by atoms with Gasteiger partial charge < -0.3 is 9.47 Å². The quantitative estimate of drug-likeness (QED) is 0.650. The molecule has 2 atom stereocenters. The lowest BCUT2D eigenvalue weighted by atomic mass is 9.79. The largest absolute Gasteiger partial charge is 0.466 e. The molecule has 1 aromatic carbocycles. The molecule has 1 aliphatic carbocycles. The second-order valence-corrected chi connectivity index (χ2v) is 6.62. The standard InChI is InChI=1S/C21H29NO4/c1-4-25-19(23)13-15-21(20(24)26-5-2)14-9-12-18(21)22-16(3)17-10-7-6-8-11-17/h6-8,10-11,16H,4-5,9,12-15H2,1-3H3/t16-,21?/m0/s1. The molecule has 0 aromatic heterocycles. The van der Waals surface area contributed by atoms with Crippen molar-refractivity contribution in [2.45, 2.75) is 58.9 Å². The Kier molecular flexibility index (Phi) is 7.37. The normalized spacial score (nSPS) is 22.2. The van der Waals surface area contributed by atoms with Crippen LogP contribution in [0.2, 0.25) is 0 Å². The molecule has 0 heterocycles. The van der Waals surface area contributed by atoms with Crippen molar-refractivity contribution in [2.75, 3.05) is 13.2 Å². The van der Waals surface area contributed by atoms with Gasteiger partial charge in [-0.15, -0.1) is 0 Å². The Morgan fingerprint density at radius 2 is 1.85 bits per heavy atom. The zero-order chi connectivity index (χ0) is 19.0. The average molecular weight is 359 g/mol. The van der Waals surface area contributed by atoms with Crippen molar-refractivity contribution in [3.63, 3.8) is 0 Å². The molecule has 2 rings (SSSR count). The molecule has 0 N–H and O–H groups in total. The Morgan fingerprint density at radius 3 is 2.50 bits per heavy atom. The number of nitrogens with zero attached hydrogens (tertiary/aromatic N) is 1. The second kappa shape index (κ2) is 9.51. The van der Waals surface area contributed by atoms with Crippen molar-refractivity contribution in [3.05, 3.63) is 35.9 Å². The maximum atomic E-state index is 12.8. The van der Waals surface area contributed by atoms with Crippen LogP contribution in [0.15, 0.2) is 35.3 Å².